The molecule has 1 aromatic heterocycles. The number of hydrogen-bond acceptors (Lipinski definition) is 2. The van der Waals surface area contributed by atoms with Crippen LogP contribution in [0.4, 0.5) is 5.69 Å². The van der Waals surface area contributed by atoms with Crippen LogP contribution in [0.15, 0.2) is 29.3 Å². The molecule has 1 heterocycles. The Bertz CT molecular complexity index is 862. The number of halogens is 2. The maximum atomic E-state index is 13.1. The molecule has 0 aliphatic heterocycles. The summed E-state index contributed by atoms with van der Waals surface area (Å²) in [4.78, 5) is 17.6. The Hall–Kier alpha value is -1.65. The summed E-state index contributed by atoms with van der Waals surface area (Å²) < 4.78 is 0.990. The van der Waals surface area contributed by atoms with Crippen LogP contribution in [0.3, 0.4) is 0 Å². The zero-order chi connectivity index (χ0) is 19.4. The van der Waals surface area contributed by atoms with E-state index in [1.54, 1.807) is 6.08 Å². The Kier molecular flexibility index (Phi) is 7.01. The van der Waals surface area contributed by atoms with Gasteiger partial charge in [-0.1, -0.05) is 53.5 Å². The van der Waals surface area contributed by atoms with Gasteiger partial charge in [-0.05, 0) is 55.9 Å². The highest BCUT2D eigenvalue weighted by Gasteiger charge is 2.21. The van der Waals surface area contributed by atoms with Gasteiger partial charge >= 0.3 is 0 Å². The summed E-state index contributed by atoms with van der Waals surface area (Å²) in [6.45, 7) is 11.6. The molecule has 5 heteroatoms. The highest BCUT2D eigenvalue weighted by Crippen LogP contribution is 2.32. The molecule has 2 aromatic rings. The molecule has 0 unspecified atom stereocenters. The van der Waals surface area contributed by atoms with Crippen LogP contribution in [0.25, 0.3) is 0 Å². The molecular weight excluding hydrogens is 412 g/mol. The highest BCUT2D eigenvalue weighted by molar-refractivity contribution is 9.10. The lowest BCUT2D eigenvalue weighted by Crippen LogP contribution is -2.18. The molecule has 2 rings (SSSR count). The van der Waals surface area contributed by atoms with Crippen LogP contribution in [0.5, 0.6) is 0 Å². The van der Waals surface area contributed by atoms with Crippen LogP contribution >= 0.6 is 27.5 Å². The van der Waals surface area contributed by atoms with Gasteiger partial charge in [-0.2, -0.15) is 0 Å². The van der Waals surface area contributed by atoms with Gasteiger partial charge in [0.25, 0.3) is 5.91 Å². The number of aromatic nitrogens is 1. The Balaban J connectivity index is 2.54. The lowest BCUT2D eigenvalue weighted by molar-refractivity contribution is 0.102. The maximum absolute atomic E-state index is 13.1. The van der Waals surface area contributed by atoms with E-state index in [2.05, 4.69) is 46.7 Å². The first kappa shape index (κ1) is 20.7. The second kappa shape index (κ2) is 8.83. The summed E-state index contributed by atoms with van der Waals surface area (Å²) in [7, 11) is 0. The molecule has 0 atom stereocenters. The van der Waals surface area contributed by atoms with E-state index in [0.717, 1.165) is 45.4 Å². The zero-order valence-electron chi connectivity index (χ0n) is 15.7. The number of pyridine rings is 1. The standard InChI is InChI=1S/C21H24BrClN2O/c1-6-9-16-12(4)24-13(5)18(19(16)23)21(26)25-20-14(7-2)10-11-17(22)15(20)8-3/h6,10-11H,1,7-9H2,2-5H3,(H,25,26). The van der Waals surface area contributed by atoms with Crippen molar-refractivity contribution in [3.63, 3.8) is 0 Å². The van der Waals surface area contributed by atoms with Gasteiger partial charge in [-0.25, -0.2) is 0 Å². The molecule has 0 bridgehead atoms. The molecule has 0 radical (unpaired) electrons. The first-order chi connectivity index (χ1) is 12.3. The molecule has 0 aliphatic rings. The van der Waals surface area contributed by atoms with Gasteiger partial charge in [0.05, 0.1) is 16.3 Å². The number of nitrogens with zero attached hydrogens (tertiary/aromatic N) is 1. The predicted molar refractivity (Wildman–Crippen MR) is 113 cm³/mol. The van der Waals surface area contributed by atoms with E-state index in [4.69, 9.17) is 11.6 Å². The fourth-order valence-electron chi connectivity index (χ4n) is 3.13. The summed E-state index contributed by atoms with van der Waals surface area (Å²) in [6.07, 6.45) is 3.99. The number of allylic oxidation sites excluding steroid dienone is 1. The second-order valence-electron chi connectivity index (χ2n) is 6.16. The topological polar surface area (TPSA) is 42.0 Å². The van der Waals surface area contributed by atoms with Gasteiger partial charge in [-0.15, -0.1) is 6.58 Å². The van der Waals surface area contributed by atoms with Gasteiger partial charge in [-0.3, -0.25) is 9.78 Å². The molecule has 3 nitrogen and oxygen atoms in total. The number of carbonyl (C=O) groups excluding carboxylic acids is 1. The first-order valence-corrected chi connectivity index (χ1v) is 9.90. The van der Waals surface area contributed by atoms with Crippen molar-refractivity contribution in [2.75, 3.05) is 5.32 Å². The van der Waals surface area contributed by atoms with Crippen molar-refractivity contribution in [1.82, 2.24) is 4.98 Å². The minimum atomic E-state index is -0.229. The molecule has 1 N–H and O–H groups in total. The van der Waals surface area contributed by atoms with Crippen molar-refractivity contribution in [1.29, 1.82) is 0 Å². The van der Waals surface area contributed by atoms with Crippen molar-refractivity contribution >= 4 is 39.1 Å². The molecule has 138 valence electrons. The normalized spacial score (nSPS) is 10.7. The van der Waals surface area contributed by atoms with Crippen LogP contribution in [0, 0.1) is 13.8 Å². The van der Waals surface area contributed by atoms with E-state index in [0.29, 0.717) is 22.7 Å². The van der Waals surface area contributed by atoms with Crippen molar-refractivity contribution in [2.24, 2.45) is 0 Å². The predicted octanol–water partition coefficient (Wildman–Crippen LogP) is 6.22. The minimum absolute atomic E-state index is 0.229. The van der Waals surface area contributed by atoms with Crippen molar-refractivity contribution in [3.05, 3.63) is 67.9 Å². The first-order valence-electron chi connectivity index (χ1n) is 8.73. The molecule has 26 heavy (non-hydrogen) atoms. The van der Waals surface area contributed by atoms with E-state index in [1.165, 1.54) is 0 Å². The molecule has 0 saturated heterocycles. The van der Waals surface area contributed by atoms with Gasteiger partial charge in [0.2, 0.25) is 0 Å². The molecule has 0 aliphatic carbocycles. The van der Waals surface area contributed by atoms with Crippen LogP contribution < -0.4 is 5.32 Å². The van der Waals surface area contributed by atoms with Crippen molar-refractivity contribution in [3.8, 4) is 0 Å². The lowest BCUT2D eigenvalue weighted by Gasteiger charge is -2.18. The molecular formula is C21H24BrClN2O. The third kappa shape index (κ3) is 4.02. The van der Waals surface area contributed by atoms with Gasteiger partial charge < -0.3 is 5.32 Å². The number of aryl methyl sites for hydroxylation is 3. The number of anilines is 1. The summed E-state index contributed by atoms with van der Waals surface area (Å²) in [5.41, 5.74) is 5.77. The van der Waals surface area contributed by atoms with E-state index in [1.807, 2.05) is 26.0 Å². The maximum Gasteiger partial charge on any atom is 0.259 e. The zero-order valence-corrected chi connectivity index (χ0v) is 18.0. The van der Waals surface area contributed by atoms with E-state index in [9.17, 15) is 4.79 Å². The molecule has 0 saturated carbocycles. The molecule has 0 spiro atoms. The van der Waals surface area contributed by atoms with E-state index < -0.39 is 0 Å². The Morgan fingerprint density at radius 1 is 1.23 bits per heavy atom. The number of hydrogen-bond donors (Lipinski definition) is 1. The fraction of sp³-hybridized carbons (Fsp3) is 0.333. The fourth-order valence-corrected chi connectivity index (χ4v) is 4.18. The number of benzene rings is 1. The summed E-state index contributed by atoms with van der Waals surface area (Å²) >= 11 is 10.2. The van der Waals surface area contributed by atoms with Crippen LogP contribution in [0.2, 0.25) is 5.02 Å². The third-order valence-electron chi connectivity index (χ3n) is 4.51. The number of rotatable bonds is 6. The average Bonchev–Trinajstić information content (AvgIpc) is 2.59. The molecule has 1 aromatic carbocycles. The average molecular weight is 436 g/mol. The van der Waals surface area contributed by atoms with Crippen molar-refractivity contribution < 1.29 is 4.79 Å². The van der Waals surface area contributed by atoms with Crippen LogP contribution in [0.1, 0.15) is 52.3 Å². The summed E-state index contributed by atoms with van der Waals surface area (Å²) in [5.74, 6) is -0.229. The van der Waals surface area contributed by atoms with Crippen molar-refractivity contribution in [2.45, 2.75) is 47.0 Å². The lowest BCUT2D eigenvalue weighted by atomic mass is 10.0. The SMILES string of the molecule is C=CCc1c(C)nc(C)c(C(=O)Nc2c(CC)ccc(Br)c2CC)c1Cl. The molecule has 1 amide bonds. The second-order valence-corrected chi connectivity index (χ2v) is 7.40. The van der Waals surface area contributed by atoms with E-state index >= 15 is 0 Å². The number of nitrogens with one attached hydrogen (secondary N) is 1. The third-order valence-corrected chi connectivity index (χ3v) is 5.67. The highest BCUT2D eigenvalue weighted by atomic mass is 79.9. The Morgan fingerprint density at radius 3 is 2.50 bits per heavy atom. The van der Waals surface area contributed by atoms with Gasteiger partial charge in [0, 0.05) is 15.9 Å². The number of carbonyl (C=O) groups is 1. The summed E-state index contributed by atoms with van der Waals surface area (Å²) in [5, 5.41) is 3.55. The number of amides is 1. The minimum Gasteiger partial charge on any atom is -0.321 e. The summed E-state index contributed by atoms with van der Waals surface area (Å²) in [6, 6.07) is 4.06. The van der Waals surface area contributed by atoms with Gasteiger partial charge in [0.1, 0.15) is 0 Å². The largest absolute Gasteiger partial charge is 0.321 e. The molecule has 0 fully saturated rings. The Morgan fingerprint density at radius 2 is 1.92 bits per heavy atom. The van der Waals surface area contributed by atoms with Crippen LogP contribution in [-0.2, 0) is 19.3 Å². The monoisotopic (exact) mass is 434 g/mol. The van der Waals surface area contributed by atoms with Gasteiger partial charge in [0.15, 0.2) is 0 Å². The smallest absolute Gasteiger partial charge is 0.259 e. The van der Waals surface area contributed by atoms with Crippen LogP contribution in [-0.4, -0.2) is 10.9 Å². The Labute approximate surface area is 169 Å². The quantitative estimate of drug-likeness (QED) is 0.547. The van der Waals surface area contributed by atoms with E-state index in [-0.39, 0.29) is 5.91 Å².